The highest BCUT2D eigenvalue weighted by molar-refractivity contribution is 5.90. The number of benzene rings is 1. The molecular weight excluding hydrogens is 212 g/mol. The molecule has 0 unspecified atom stereocenters. The molecule has 4 heteroatoms. The van der Waals surface area contributed by atoms with Crippen LogP contribution in [0.4, 0.5) is 5.69 Å². The number of anilines is 1. The summed E-state index contributed by atoms with van der Waals surface area (Å²) in [6.45, 7) is 0.669. The van der Waals surface area contributed by atoms with Crippen molar-refractivity contribution in [2.45, 2.75) is 6.54 Å². The molecule has 17 heavy (non-hydrogen) atoms. The summed E-state index contributed by atoms with van der Waals surface area (Å²) in [7, 11) is 0. The summed E-state index contributed by atoms with van der Waals surface area (Å²) in [6.07, 6.45) is 5.37. The molecule has 0 fully saturated rings. The average molecular weight is 224 g/mol. The van der Waals surface area contributed by atoms with Gasteiger partial charge in [-0.05, 0) is 12.1 Å². The maximum Gasteiger partial charge on any atom is 0.125 e. The van der Waals surface area contributed by atoms with Crippen LogP contribution in [0.1, 0.15) is 5.82 Å². The zero-order valence-electron chi connectivity index (χ0n) is 9.22. The van der Waals surface area contributed by atoms with Gasteiger partial charge in [-0.2, -0.15) is 0 Å². The molecule has 0 saturated carbocycles. The van der Waals surface area contributed by atoms with Gasteiger partial charge in [0.15, 0.2) is 0 Å². The molecule has 0 atom stereocenters. The van der Waals surface area contributed by atoms with E-state index in [1.807, 2.05) is 24.4 Å². The fourth-order valence-corrected chi connectivity index (χ4v) is 1.82. The van der Waals surface area contributed by atoms with E-state index in [1.165, 1.54) is 0 Å². The molecule has 2 aromatic heterocycles. The van der Waals surface area contributed by atoms with Crippen molar-refractivity contribution < 1.29 is 0 Å². The molecule has 0 saturated heterocycles. The molecule has 0 aliphatic heterocycles. The fourth-order valence-electron chi connectivity index (χ4n) is 1.82. The largest absolute Gasteiger partial charge is 0.376 e. The van der Waals surface area contributed by atoms with Gasteiger partial charge in [0.05, 0.1) is 17.7 Å². The summed E-state index contributed by atoms with van der Waals surface area (Å²) in [4.78, 5) is 11.6. The highest BCUT2D eigenvalue weighted by Crippen LogP contribution is 2.20. The smallest absolute Gasteiger partial charge is 0.125 e. The van der Waals surface area contributed by atoms with Crippen molar-refractivity contribution in [1.82, 2.24) is 15.0 Å². The second-order valence-corrected chi connectivity index (χ2v) is 3.77. The number of para-hydroxylation sites is 1. The molecule has 0 spiro atoms. The van der Waals surface area contributed by atoms with E-state index in [9.17, 15) is 0 Å². The predicted molar refractivity (Wildman–Crippen MR) is 67.7 cm³/mol. The molecule has 1 aromatic carbocycles. The molecule has 4 nitrogen and oxygen atoms in total. The Morgan fingerprint density at radius 2 is 2.00 bits per heavy atom. The van der Waals surface area contributed by atoms with Crippen LogP contribution in [0.15, 0.2) is 48.9 Å². The van der Waals surface area contributed by atoms with Crippen molar-refractivity contribution in [3.8, 4) is 0 Å². The van der Waals surface area contributed by atoms with Crippen molar-refractivity contribution in [1.29, 1.82) is 0 Å². The maximum absolute atomic E-state index is 4.39. The predicted octanol–water partition coefficient (Wildman–Crippen LogP) is 2.57. The van der Waals surface area contributed by atoms with Crippen LogP contribution in [0.5, 0.6) is 0 Å². The van der Waals surface area contributed by atoms with Crippen LogP contribution in [-0.4, -0.2) is 15.0 Å². The normalized spacial score (nSPS) is 10.6. The molecule has 0 bridgehead atoms. The van der Waals surface area contributed by atoms with E-state index >= 15 is 0 Å². The Labute approximate surface area is 98.7 Å². The summed E-state index contributed by atoms with van der Waals surface area (Å²) < 4.78 is 0. The van der Waals surface area contributed by atoms with Gasteiger partial charge in [-0.25, -0.2) is 4.98 Å². The molecule has 3 rings (SSSR count). The van der Waals surface area contributed by atoms with Crippen LogP contribution in [0, 0.1) is 0 Å². The van der Waals surface area contributed by atoms with Gasteiger partial charge in [-0.15, -0.1) is 0 Å². The number of imidazole rings is 1. The highest BCUT2D eigenvalue weighted by Gasteiger charge is 2.01. The second kappa shape index (κ2) is 4.25. The average Bonchev–Trinajstić information content (AvgIpc) is 2.89. The van der Waals surface area contributed by atoms with Crippen molar-refractivity contribution in [3.05, 3.63) is 54.7 Å². The summed E-state index contributed by atoms with van der Waals surface area (Å²) >= 11 is 0. The number of hydrogen-bond donors (Lipinski definition) is 2. The van der Waals surface area contributed by atoms with Gasteiger partial charge in [0, 0.05) is 24.0 Å². The van der Waals surface area contributed by atoms with Gasteiger partial charge >= 0.3 is 0 Å². The Balaban J connectivity index is 1.90. The molecule has 2 heterocycles. The van der Waals surface area contributed by atoms with Crippen LogP contribution < -0.4 is 5.32 Å². The van der Waals surface area contributed by atoms with Crippen LogP contribution >= 0.6 is 0 Å². The molecule has 0 amide bonds. The Kier molecular flexibility index (Phi) is 2.46. The Hall–Kier alpha value is -2.36. The van der Waals surface area contributed by atoms with Crippen molar-refractivity contribution in [3.63, 3.8) is 0 Å². The number of nitrogens with zero attached hydrogens (tertiary/aromatic N) is 2. The fraction of sp³-hybridized carbons (Fsp3) is 0.0769. The van der Waals surface area contributed by atoms with E-state index < -0.39 is 0 Å². The monoisotopic (exact) mass is 224 g/mol. The van der Waals surface area contributed by atoms with Crippen LogP contribution in [0.25, 0.3) is 10.9 Å². The third-order valence-corrected chi connectivity index (χ3v) is 2.63. The number of pyridine rings is 1. The van der Waals surface area contributed by atoms with E-state index in [0.717, 1.165) is 22.4 Å². The first-order chi connectivity index (χ1) is 8.43. The molecule has 84 valence electrons. The van der Waals surface area contributed by atoms with E-state index in [2.05, 4.69) is 32.4 Å². The molecule has 3 aromatic rings. The van der Waals surface area contributed by atoms with E-state index in [4.69, 9.17) is 0 Å². The lowest BCUT2D eigenvalue weighted by atomic mass is 10.2. The number of H-pyrrole nitrogens is 1. The third kappa shape index (κ3) is 1.97. The Morgan fingerprint density at radius 3 is 2.88 bits per heavy atom. The number of nitrogens with one attached hydrogen (secondary N) is 2. The van der Waals surface area contributed by atoms with E-state index in [1.54, 1.807) is 12.4 Å². The lowest BCUT2D eigenvalue weighted by molar-refractivity contribution is 1.00. The summed E-state index contributed by atoms with van der Waals surface area (Å²) in [5.74, 6) is 0.915. The molecule has 2 N–H and O–H groups in total. The number of aromatic nitrogens is 3. The SMILES string of the molecule is c1cnc2c(NCc3ncc[nH]3)cccc2c1. The lowest BCUT2D eigenvalue weighted by Crippen LogP contribution is -2.01. The van der Waals surface area contributed by atoms with Gasteiger partial charge < -0.3 is 10.3 Å². The van der Waals surface area contributed by atoms with Gasteiger partial charge in [0.1, 0.15) is 5.82 Å². The van der Waals surface area contributed by atoms with Gasteiger partial charge in [-0.1, -0.05) is 18.2 Å². The zero-order valence-corrected chi connectivity index (χ0v) is 9.22. The maximum atomic E-state index is 4.39. The van der Waals surface area contributed by atoms with Gasteiger partial charge in [0.2, 0.25) is 0 Å². The van der Waals surface area contributed by atoms with Crippen LogP contribution in [0.2, 0.25) is 0 Å². The first-order valence-electron chi connectivity index (χ1n) is 5.49. The van der Waals surface area contributed by atoms with E-state index in [0.29, 0.717) is 6.54 Å². The Bertz CT molecular complexity index is 611. The Morgan fingerprint density at radius 1 is 1.06 bits per heavy atom. The highest BCUT2D eigenvalue weighted by atomic mass is 15.0. The van der Waals surface area contributed by atoms with Crippen molar-refractivity contribution in [2.24, 2.45) is 0 Å². The minimum atomic E-state index is 0.669. The van der Waals surface area contributed by atoms with Crippen molar-refractivity contribution in [2.75, 3.05) is 5.32 Å². The van der Waals surface area contributed by atoms with Crippen molar-refractivity contribution >= 4 is 16.6 Å². The number of rotatable bonds is 3. The van der Waals surface area contributed by atoms with Crippen LogP contribution in [0.3, 0.4) is 0 Å². The first-order valence-corrected chi connectivity index (χ1v) is 5.49. The summed E-state index contributed by atoms with van der Waals surface area (Å²) in [6, 6.07) is 10.1. The zero-order chi connectivity index (χ0) is 11.5. The topological polar surface area (TPSA) is 53.6 Å². The lowest BCUT2D eigenvalue weighted by Gasteiger charge is -2.07. The number of hydrogen-bond acceptors (Lipinski definition) is 3. The van der Waals surface area contributed by atoms with Crippen LogP contribution in [-0.2, 0) is 6.54 Å². The minimum absolute atomic E-state index is 0.669. The third-order valence-electron chi connectivity index (χ3n) is 2.63. The molecule has 0 aliphatic rings. The molecule has 0 radical (unpaired) electrons. The molecular formula is C13H12N4. The molecule has 0 aliphatic carbocycles. The standard InChI is InChI=1S/C13H12N4/c1-3-10-4-2-6-16-13(10)11(5-1)17-9-12-14-7-8-15-12/h1-8,17H,9H2,(H,14,15). The first kappa shape index (κ1) is 9.84. The van der Waals surface area contributed by atoms with Gasteiger partial charge in [0.25, 0.3) is 0 Å². The second-order valence-electron chi connectivity index (χ2n) is 3.77. The number of fused-ring (bicyclic) bond motifs is 1. The van der Waals surface area contributed by atoms with Gasteiger partial charge in [-0.3, -0.25) is 4.98 Å². The summed E-state index contributed by atoms with van der Waals surface area (Å²) in [5, 5.41) is 4.47. The quantitative estimate of drug-likeness (QED) is 0.719. The number of aromatic amines is 1. The van der Waals surface area contributed by atoms with E-state index in [-0.39, 0.29) is 0 Å². The summed E-state index contributed by atoms with van der Waals surface area (Å²) in [5.41, 5.74) is 2.01. The minimum Gasteiger partial charge on any atom is -0.376 e.